The molecule has 6 rings (SSSR count). The van der Waals surface area contributed by atoms with Gasteiger partial charge in [0.1, 0.15) is 70.9 Å². The Morgan fingerprint density at radius 1 is 0.820 bits per heavy atom. The third kappa shape index (κ3) is 6.75. The molecule has 0 amide bonds. The average molecular weight is 734 g/mol. The minimum absolute atomic E-state index is 0.169. The van der Waals surface area contributed by atoms with Crippen LogP contribution in [0.25, 0.3) is 22.2 Å². The molecule has 6 N–H and O–H groups in total. The van der Waals surface area contributed by atoms with E-state index in [2.05, 4.69) is 10.3 Å². The van der Waals surface area contributed by atoms with Crippen LogP contribution in [0.15, 0.2) is 45.7 Å². The second-order valence-corrected chi connectivity index (χ2v) is 12.7. The predicted molar refractivity (Wildman–Crippen MR) is 158 cm³/mol. The van der Waals surface area contributed by atoms with Gasteiger partial charge in [0.2, 0.25) is 0 Å². The van der Waals surface area contributed by atoms with Crippen LogP contribution in [0, 0.1) is 29.1 Å². The molecular formula is C30H28F5N3O11S. The molecule has 2 aromatic heterocycles. The van der Waals surface area contributed by atoms with Crippen LogP contribution in [0.3, 0.4) is 0 Å². The molecule has 2 aliphatic heterocycles. The number of aliphatic hydroxyl groups excluding tert-OH is 6. The summed E-state index contributed by atoms with van der Waals surface area (Å²) in [5.74, 6) is -7.19. The molecule has 2 aliphatic rings. The molecular weight excluding hydrogens is 705 g/mol. The van der Waals surface area contributed by atoms with Crippen molar-refractivity contribution in [2.75, 3.05) is 13.2 Å². The van der Waals surface area contributed by atoms with E-state index in [4.69, 9.17) is 18.6 Å². The van der Waals surface area contributed by atoms with E-state index in [-0.39, 0.29) is 27.8 Å². The Morgan fingerprint density at radius 3 is 2.12 bits per heavy atom. The van der Waals surface area contributed by atoms with Crippen LogP contribution in [-0.4, -0.2) is 112 Å². The van der Waals surface area contributed by atoms with Gasteiger partial charge in [-0.3, -0.25) is 0 Å². The van der Waals surface area contributed by atoms with Crippen molar-refractivity contribution in [2.45, 2.75) is 66.2 Å². The Hall–Kier alpha value is -3.57. The third-order valence-electron chi connectivity index (χ3n) is 8.34. The van der Waals surface area contributed by atoms with Crippen LogP contribution >= 0.6 is 11.8 Å². The molecule has 0 spiro atoms. The Morgan fingerprint density at radius 2 is 1.46 bits per heavy atom. The van der Waals surface area contributed by atoms with Crippen LogP contribution in [0.1, 0.15) is 11.6 Å². The van der Waals surface area contributed by atoms with Gasteiger partial charge in [0.15, 0.2) is 29.1 Å². The van der Waals surface area contributed by atoms with Crippen LogP contribution in [0.4, 0.5) is 22.0 Å². The van der Waals surface area contributed by atoms with Crippen molar-refractivity contribution in [2.24, 2.45) is 0 Å². The van der Waals surface area contributed by atoms with Crippen molar-refractivity contribution in [3.63, 3.8) is 0 Å². The second kappa shape index (κ2) is 14.6. The number of nitrogens with zero attached hydrogens (tertiary/aromatic N) is 3. The number of fused-ring (bicyclic) bond motifs is 1. The van der Waals surface area contributed by atoms with Gasteiger partial charge in [-0.15, -0.1) is 5.10 Å². The highest BCUT2D eigenvalue weighted by Crippen LogP contribution is 2.40. The van der Waals surface area contributed by atoms with E-state index in [0.29, 0.717) is 23.9 Å². The number of halogens is 5. The first kappa shape index (κ1) is 36.2. The largest absolute Gasteiger partial charge is 0.422 e. The molecule has 4 heterocycles. The van der Waals surface area contributed by atoms with E-state index in [0.717, 1.165) is 29.1 Å². The van der Waals surface area contributed by atoms with Gasteiger partial charge in [0.05, 0.1) is 37.0 Å². The maximum atomic E-state index is 14.3. The minimum atomic E-state index is -1.77. The Bertz CT molecular complexity index is 1900. The van der Waals surface area contributed by atoms with E-state index < -0.39 is 114 Å². The lowest BCUT2D eigenvalue weighted by atomic mass is 9.97. The number of aliphatic hydroxyl groups is 6. The van der Waals surface area contributed by atoms with Crippen molar-refractivity contribution < 1.29 is 71.2 Å². The van der Waals surface area contributed by atoms with E-state index in [1.54, 1.807) is 0 Å². The summed E-state index contributed by atoms with van der Waals surface area (Å²) in [4.78, 5) is 12.5. The van der Waals surface area contributed by atoms with Crippen molar-refractivity contribution in [3.8, 4) is 11.3 Å². The van der Waals surface area contributed by atoms with Crippen LogP contribution in [0.5, 0.6) is 0 Å². The zero-order valence-electron chi connectivity index (χ0n) is 25.2. The Kier molecular flexibility index (Phi) is 10.6. The minimum Gasteiger partial charge on any atom is -0.422 e. The fraction of sp³-hybridized carbons (Fsp3) is 0.433. The molecule has 2 saturated heterocycles. The second-order valence-electron chi connectivity index (χ2n) is 11.5. The van der Waals surface area contributed by atoms with Crippen LogP contribution in [0.2, 0.25) is 0 Å². The van der Waals surface area contributed by atoms with Gasteiger partial charge >= 0.3 is 5.63 Å². The standard InChI is InChI=1S/C30H28F5N3O11S/c31-13-1-2-17-12(20(13)34)3-11(28(45)47-17)9-46-27-24(42)19(8-40)49-30(26(27)44)50-29-25(43)22(23(41)18(7-39)48-29)38-6-16(36-37-38)10-4-14(32)21(35)15(33)5-10/h1-6,18-19,22-27,29-30,39-44H,7-9H2/t18?,19-,22+,23+,24?,25?,26-,27?,29+,30?/m1/s1. The van der Waals surface area contributed by atoms with Gasteiger partial charge < -0.3 is 49.3 Å². The number of thioether (sulfide) groups is 1. The summed E-state index contributed by atoms with van der Waals surface area (Å²) in [5.41, 5.74) is -4.79. The summed E-state index contributed by atoms with van der Waals surface area (Å²) in [6.07, 6.45) is -10.1. The number of ether oxygens (including phenoxy) is 3. The first-order chi connectivity index (χ1) is 23.8. The van der Waals surface area contributed by atoms with Gasteiger partial charge in [-0.2, -0.15) is 0 Å². The maximum absolute atomic E-state index is 14.3. The number of rotatable bonds is 9. The van der Waals surface area contributed by atoms with Gasteiger partial charge in [-0.05, 0) is 30.3 Å². The summed E-state index contributed by atoms with van der Waals surface area (Å²) in [6, 6.07) is 2.71. The van der Waals surface area contributed by atoms with Crippen molar-refractivity contribution in [3.05, 3.63) is 81.6 Å². The molecule has 0 aliphatic carbocycles. The highest BCUT2D eigenvalue weighted by atomic mass is 32.2. The first-order valence-corrected chi connectivity index (χ1v) is 15.8. The van der Waals surface area contributed by atoms with Gasteiger partial charge in [0, 0.05) is 5.56 Å². The fourth-order valence-corrected chi connectivity index (χ4v) is 7.02. The third-order valence-corrected chi connectivity index (χ3v) is 9.66. The molecule has 50 heavy (non-hydrogen) atoms. The Labute approximate surface area is 281 Å². The maximum Gasteiger partial charge on any atom is 0.341 e. The number of aromatic nitrogens is 3. The quantitative estimate of drug-likeness (QED) is 0.0786. The summed E-state index contributed by atoms with van der Waals surface area (Å²) >= 11 is 0.598. The average Bonchev–Trinajstić information content (AvgIpc) is 3.57. The fourth-order valence-electron chi connectivity index (χ4n) is 5.70. The Balaban J connectivity index is 1.22. The smallest absolute Gasteiger partial charge is 0.341 e. The van der Waals surface area contributed by atoms with Crippen LogP contribution < -0.4 is 5.63 Å². The number of hydrogen-bond donors (Lipinski definition) is 6. The highest BCUT2D eigenvalue weighted by molar-refractivity contribution is 8.00. The van der Waals surface area contributed by atoms with Gasteiger partial charge in [-0.25, -0.2) is 31.4 Å². The molecule has 10 atom stereocenters. The summed E-state index contributed by atoms with van der Waals surface area (Å²) < 4.78 is 92.2. The number of hydrogen-bond acceptors (Lipinski definition) is 14. The monoisotopic (exact) mass is 733 g/mol. The molecule has 4 aromatic rings. The van der Waals surface area contributed by atoms with Crippen molar-refractivity contribution >= 4 is 22.7 Å². The topological polar surface area (TPSA) is 210 Å². The molecule has 270 valence electrons. The summed E-state index contributed by atoms with van der Waals surface area (Å²) in [5, 5.41) is 71.3. The van der Waals surface area contributed by atoms with Crippen LogP contribution in [-0.2, 0) is 20.8 Å². The van der Waals surface area contributed by atoms with Gasteiger partial charge in [-0.1, -0.05) is 17.0 Å². The lowest BCUT2D eigenvalue weighted by Crippen LogP contribution is -2.60. The SMILES string of the molecule is O=c1oc2ccc(F)c(F)c2cc1COC1C(O)[C@@H](CO)OC(S[C@@H]2OC(CO)[C@H](O)[C@H](n3cc(-c4cc(F)c(F)c(F)c4)nn3)C2O)[C@@H]1O. The van der Waals surface area contributed by atoms with E-state index in [9.17, 15) is 57.4 Å². The molecule has 2 aromatic carbocycles. The lowest BCUT2D eigenvalue weighted by Gasteiger charge is -2.46. The molecule has 0 radical (unpaired) electrons. The van der Waals surface area contributed by atoms with Gasteiger partial charge in [0.25, 0.3) is 0 Å². The molecule has 20 heteroatoms. The molecule has 5 unspecified atom stereocenters. The van der Waals surface area contributed by atoms with E-state index >= 15 is 0 Å². The normalized spacial score (nSPS) is 30.2. The number of benzene rings is 2. The van der Waals surface area contributed by atoms with Crippen molar-refractivity contribution in [1.29, 1.82) is 0 Å². The van der Waals surface area contributed by atoms with Crippen molar-refractivity contribution in [1.82, 2.24) is 15.0 Å². The lowest BCUT2D eigenvalue weighted by molar-refractivity contribution is -0.225. The predicted octanol–water partition coefficient (Wildman–Crippen LogP) is 0.485. The molecule has 14 nitrogen and oxygen atoms in total. The zero-order valence-corrected chi connectivity index (χ0v) is 26.0. The molecule has 0 bridgehead atoms. The zero-order chi connectivity index (χ0) is 36.0. The van der Waals surface area contributed by atoms with E-state index in [1.165, 1.54) is 0 Å². The first-order valence-electron chi connectivity index (χ1n) is 14.8. The molecule has 2 fully saturated rings. The summed E-state index contributed by atoms with van der Waals surface area (Å²) in [7, 11) is 0. The highest BCUT2D eigenvalue weighted by Gasteiger charge is 2.51. The summed E-state index contributed by atoms with van der Waals surface area (Å²) in [6.45, 7) is -2.26. The molecule has 0 saturated carbocycles. The van der Waals surface area contributed by atoms with E-state index in [1.807, 2.05) is 0 Å².